The van der Waals surface area contributed by atoms with E-state index in [1.54, 1.807) is 6.21 Å². The molecule has 1 aromatic carbocycles. The first-order valence-electron chi connectivity index (χ1n) is 6.54. The van der Waals surface area contributed by atoms with Crippen LogP contribution in [0.3, 0.4) is 0 Å². The summed E-state index contributed by atoms with van der Waals surface area (Å²) in [5, 5.41) is 11.2. The fourth-order valence-corrected chi connectivity index (χ4v) is 3.14. The Balaban J connectivity index is 1.85. The highest BCUT2D eigenvalue weighted by Crippen LogP contribution is 2.19. The van der Waals surface area contributed by atoms with Gasteiger partial charge in [0.25, 0.3) is 0 Å². The van der Waals surface area contributed by atoms with Crippen molar-refractivity contribution >= 4 is 40.8 Å². The first-order chi connectivity index (χ1) is 9.78. The number of hydrogen-bond donors (Lipinski definition) is 1. The molecular weight excluding hydrogens is 290 g/mol. The van der Waals surface area contributed by atoms with E-state index in [0.717, 1.165) is 11.3 Å². The van der Waals surface area contributed by atoms with Crippen LogP contribution in [-0.2, 0) is 4.79 Å². The summed E-state index contributed by atoms with van der Waals surface area (Å²) in [7, 11) is 0. The molecule has 1 aliphatic rings. The number of amidine groups is 1. The van der Waals surface area contributed by atoms with Crippen molar-refractivity contribution in [2.45, 2.75) is 24.7 Å². The third-order valence-electron chi connectivity index (χ3n) is 2.59. The Bertz CT molecular complexity index is 512. The number of hydrogen-bond acceptors (Lipinski definition) is 5. The molecule has 0 aromatic heterocycles. The second kappa shape index (κ2) is 8.11. The van der Waals surface area contributed by atoms with Gasteiger partial charge in [0, 0.05) is 4.90 Å². The summed E-state index contributed by atoms with van der Waals surface area (Å²) in [5.41, 5.74) is 1.00. The Kier molecular flexibility index (Phi) is 6.14. The number of carbonyl (C=O) groups excluding carboxylic acids is 1. The van der Waals surface area contributed by atoms with Gasteiger partial charge in [-0.05, 0) is 29.9 Å². The highest BCUT2D eigenvalue weighted by Gasteiger charge is 2.15. The van der Waals surface area contributed by atoms with Crippen molar-refractivity contribution < 1.29 is 4.79 Å². The molecule has 1 N–H and O–H groups in total. The third kappa shape index (κ3) is 5.02. The van der Waals surface area contributed by atoms with E-state index < -0.39 is 0 Å². The van der Waals surface area contributed by atoms with Crippen LogP contribution < -0.4 is 5.32 Å². The Morgan fingerprint density at radius 2 is 2.20 bits per heavy atom. The molecule has 6 heteroatoms. The van der Waals surface area contributed by atoms with Gasteiger partial charge in [-0.1, -0.05) is 37.2 Å². The van der Waals surface area contributed by atoms with Gasteiger partial charge in [-0.25, -0.2) is 0 Å². The van der Waals surface area contributed by atoms with Crippen molar-refractivity contribution in [2.24, 2.45) is 10.2 Å². The molecule has 0 atom stereocenters. The SMILES string of the molecule is CCCCSc1ccc(C=NN=C2NC(=O)CS2)cc1. The minimum absolute atomic E-state index is 0.0163. The van der Waals surface area contributed by atoms with E-state index in [4.69, 9.17) is 0 Å². The molecule has 0 unspecified atom stereocenters. The lowest BCUT2D eigenvalue weighted by Crippen LogP contribution is -2.19. The van der Waals surface area contributed by atoms with Gasteiger partial charge in [-0.15, -0.1) is 16.9 Å². The van der Waals surface area contributed by atoms with Crippen LogP contribution >= 0.6 is 23.5 Å². The zero-order valence-corrected chi connectivity index (χ0v) is 13.0. The highest BCUT2D eigenvalue weighted by atomic mass is 32.2. The Labute approximate surface area is 127 Å². The molecule has 0 bridgehead atoms. The summed E-state index contributed by atoms with van der Waals surface area (Å²) in [6.07, 6.45) is 4.17. The molecule has 0 aliphatic carbocycles. The van der Waals surface area contributed by atoms with Crippen molar-refractivity contribution in [3.8, 4) is 0 Å². The van der Waals surface area contributed by atoms with Gasteiger partial charge >= 0.3 is 0 Å². The predicted molar refractivity (Wildman–Crippen MR) is 87.7 cm³/mol. The highest BCUT2D eigenvalue weighted by molar-refractivity contribution is 8.15. The topological polar surface area (TPSA) is 53.8 Å². The summed E-state index contributed by atoms with van der Waals surface area (Å²) < 4.78 is 0. The molecule has 4 nitrogen and oxygen atoms in total. The average molecular weight is 307 g/mol. The minimum atomic E-state index is -0.0163. The van der Waals surface area contributed by atoms with Crippen molar-refractivity contribution in [1.29, 1.82) is 0 Å². The van der Waals surface area contributed by atoms with Gasteiger partial charge in [0.1, 0.15) is 0 Å². The summed E-state index contributed by atoms with van der Waals surface area (Å²) >= 11 is 3.25. The fourth-order valence-electron chi connectivity index (χ4n) is 1.51. The van der Waals surface area contributed by atoms with E-state index in [1.807, 2.05) is 23.9 Å². The van der Waals surface area contributed by atoms with Gasteiger partial charge in [-0.3, -0.25) is 4.79 Å². The number of carbonyl (C=O) groups is 1. The third-order valence-corrected chi connectivity index (χ3v) is 4.55. The summed E-state index contributed by atoms with van der Waals surface area (Å²) in [6.45, 7) is 2.20. The largest absolute Gasteiger partial charge is 0.303 e. The summed E-state index contributed by atoms with van der Waals surface area (Å²) in [6, 6.07) is 8.25. The van der Waals surface area contributed by atoms with Crippen molar-refractivity contribution in [3.63, 3.8) is 0 Å². The molecule has 2 rings (SSSR count). The van der Waals surface area contributed by atoms with Crippen LogP contribution in [0.25, 0.3) is 0 Å². The molecular formula is C14H17N3OS2. The predicted octanol–water partition coefficient (Wildman–Crippen LogP) is 3.13. The van der Waals surface area contributed by atoms with Crippen molar-refractivity contribution in [3.05, 3.63) is 29.8 Å². The lowest BCUT2D eigenvalue weighted by molar-refractivity contribution is -0.116. The number of nitrogens with zero attached hydrogens (tertiary/aromatic N) is 2. The van der Waals surface area contributed by atoms with Crippen molar-refractivity contribution in [2.75, 3.05) is 11.5 Å². The average Bonchev–Trinajstić information content (AvgIpc) is 2.87. The van der Waals surface area contributed by atoms with E-state index in [2.05, 4.69) is 34.6 Å². The fraction of sp³-hybridized carbons (Fsp3) is 0.357. The van der Waals surface area contributed by atoms with Crippen LogP contribution in [0.15, 0.2) is 39.4 Å². The van der Waals surface area contributed by atoms with E-state index in [-0.39, 0.29) is 5.91 Å². The molecule has 0 saturated carbocycles. The standard InChI is InChI=1S/C14H17N3OS2/c1-2-3-8-19-12-6-4-11(5-7-12)9-15-17-14-16-13(18)10-20-14/h4-7,9H,2-3,8,10H2,1H3,(H,16,17,18). The van der Waals surface area contributed by atoms with Crippen LogP contribution in [0.5, 0.6) is 0 Å². The number of thioether (sulfide) groups is 2. The minimum Gasteiger partial charge on any atom is -0.303 e. The zero-order chi connectivity index (χ0) is 14.2. The van der Waals surface area contributed by atoms with Gasteiger partial charge in [0.2, 0.25) is 5.91 Å². The zero-order valence-electron chi connectivity index (χ0n) is 11.3. The maximum absolute atomic E-state index is 11.0. The Morgan fingerprint density at radius 3 is 2.85 bits per heavy atom. The van der Waals surface area contributed by atoms with Gasteiger partial charge in [0.15, 0.2) is 5.17 Å². The molecule has 1 amide bonds. The van der Waals surface area contributed by atoms with Crippen LogP contribution in [-0.4, -0.2) is 28.8 Å². The smallest absolute Gasteiger partial charge is 0.236 e. The van der Waals surface area contributed by atoms with E-state index in [1.165, 1.54) is 29.5 Å². The van der Waals surface area contributed by atoms with Gasteiger partial charge < -0.3 is 5.32 Å². The monoisotopic (exact) mass is 307 g/mol. The van der Waals surface area contributed by atoms with Crippen LogP contribution in [0.2, 0.25) is 0 Å². The second-order valence-electron chi connectivity index (χ2n) is 4.26. The first kappa shape index (κ1) is 15.1. The quantitative estimate of drug-likeness (QED) is 0.380. The Hall–Kier alpha value is -1.27. The number of rotatable bonds is 6. The molecule has 1 aliphatic heterocycles. The number of amides is 1. The van der Waals surface area contributed by atoms with Crippen molar-refractivity contribution in [1.82, 2.24) is 5.32 Å². The number of nitrogens with one attached hydrogen (secondary N) is 1. The maximum atomic E-state index is 11.0. The van der Waals surface area contributed by atoms with E-state index >= 15 is 0 Å². The summed E-state index contributed by atoms with van der Waals surface area (Å²) in [5.74, 6) is 1.57. The van der Waals surface area contributed by atoms with Gasteiger partial charge in [0.05, 0.1) is 12.0 Å². The molecule has 1 fully saturated rings. The second-order valence-corrected chi connectivity index (χ2v) is 6.39. The number of benzene rings is 1. The van der Waals surface area contributed by atoms with Crippen LogP contribution in [0, 0.1) is 0 Å². The van der Waals surface area contributed by atoms with Crippen LogP contribution in [0.1, 0.15) is 25.3 Å². The lowest BCUT2D eigenvalue weighted by atomic mass is 10.2. The number of unbranched alkanes of at least 4 members (excludes halogenated alkanes) is 1. The Morgan fingerprint density at radius 1 is 1.40 bits per heavy atom. The first-order valence-corrected chi connectivity index (χ1v) is 8.51. The van der Waals surface area contributed by atoms with Gasteiger partial charge in [-0.2, -0.15) is 5.10 Å². The summed E-state index contributed by atoms with van der Waals surface area (Å²) in [4.78, 5) is 12.2. The lowest BCUT2D eigenvalue weighted by Gasteiger charge is -2.00. The molecule has 1 saturated heterocycles. The maximum Gasteiger partial charge on any atom is 0.236 e. The molecule has 20 heavy (non-hydrogen) atoms. The van der Waals surface area contributed by atoms with E-state index in [0.29, 0.717) is 10.9 Å². The molecule has 0 radical (unpaired) electrons. The normalized spacial score (nSPS) is 17.1. The molecule has 1 aromatic rings. The molecule has 1 heterocycles. The molecule has 0 spiro atoms. The molecule has 106 valence electrons. The van der Waals surface area contributed by atoms with Crippen LogP contribution in [0.4, 0.5) is 0 Å². The van der Waals surface area contributed by atoms with E-state index in [9.17, 15) is 4.79 Å².